The Hall–Kier alpha value is -0.130. The van der Waals surface area contributed by atoms with Crippen molar-refractivity contribution < 1.29 is 8.42 Å². The van der Waals surface area contributed by atoms with Crippen LogP contribution in [0.3, 0.4) is 0 Å². The molecule has 2 unspecified atom stereocenters. The van der Waals surface area contributed by atoms with Crippen LogP contribution in [-0.2, 0) is 10.0 Å². The van der Waals surface area contributed by atoms with Gasteiger partial charge in [0.15, 0.2) is 0 Å². The lowest BCUT2D eigenvalue weighted by Gasteiger charge is -2.31. The zero-order valence-corrected chi connectivity index (χ0v) is 12.1. The highest BCUT2D eigenvalue weighted by Crippen LogP contribution is 2.24. The van der Waals surface area contributed by atoms with Crippen LogP contribution in [0.5, 0.6) is 0 Å². The molecule has 1 saturated heterocycles. The van der Waals surface area contributed by atoms with Gasteiger partial charge in [0.05, 0.1) is 5.25 Å². The van der Waals surface area contributed by atoms with Crippen LogP contribution in [-0.4, -0.2) is 44.2 Å². The minimum absolute atomic E-state index is 0.210. The average molecular weight is 262 g/mol. The van der Waals surface area contributed by atoms with E-state index >= 15 is 0 Å². The van der Waals surface area contributed by atoms with Crippen molar-refractivity contribution in [1.29, 1.82) is 0 Å². The molecular weight excluding hydrogens is 236 g/mol. The third kappa shape index (κ3) is 3.66. The van der Waals surface area contributed by atoms with Crippen LogP contribution in [0.2, 0.25) is 0 Å². The van der Waals surface area contributed by atoms with Gasteiger partial charge in [-0.05, 0) is 33.2 Å². The van der Waals surface area contributed by atoms with E-state index in [9.17, 15) is 8.42 Å². The van der Waals surface area contributed by atoms with Crippen LogP contribution >= 0.6 is 0 Å². The lowest BCUT2D eigenvalue weighted by Crippen LogP contribution is -2.46. The van der Waals surface area contributed by atoms with Crippen molar-refractivity contribution in [3.8, 4) is 0 Å². The zero-order chi connectivity index (χ0) is 12.9. The van der Waals surface area contributed by atoms with Crippen molar-refractivity contribution in [2.75, 3.05) is 20.1 Å². The normalized spacial score (nSPS) is 25.5. The van der Waals surface area contributed by atoms with Gasteiger partial charge in [-0.25, -0.2) is 8.42 Å². The van der Waals surface area contributed by atoms with Gasteiger partial charge in [-0.1, -0.05) is 19.8 Å². The number of rotatable bonds is 5. The first kappa shape index (κ1) is 14.9. The molecule has 0 aliphatic carbocycles. The lowest BCUT2D eigenvalue weighted by molar-refractivity contribution is 0.311. The highest BCUT2D eigenvalue weighted by molar-refractivity contribution is 7.89. The first-order valence-corrected chi connectivity index (χ1v) is 8.19. The molecule has 0 spiro atoms. The molecule has 2 atom stereocenters. The summed E-state index contributed by atoms with van der Waals surface area (Å²) in [4.78, 5) is 0. The Morgan fingerprint density at radius 2 is 2.06 bits per heavy atom. The SMILES string of the molecule is CCC1CCCCCN1S(=O)(=O)C(C)CNC. The van der Waals surface area contributed by atoms with Crippen LogP contribution in [0.4, 0.5) is 0 Å². The minimum Gasteiger partial charge on any atom is -0.318 e. The first-order chi connectivity index (χ1) is 8.04. The van der Waals surface area contributed by atoms with E-state index in [2.05, 4.69) is 12.2 Å². The first-order valence-electron chi connectivity index (χ1n) is 6.69. The number of hydrogen-bond acceptors (Lipinski definition) is 3. The van der Waals surface area contributed by atoms with Gasteiger partial charge in [0.1, 0.15) is 0 Å². The summed E-state index contributed by atoms with van der Waals surface area (Å²) in [6.07, 6.45) is 5.25. The van der Waals surface area contributed by atoms with E-state index in [-0.39, 0.29) is 11.3 Å². The second kappa shape index (κ2) is 6.71. The van der Waals surface area contributed by atoms with Crippen molar-refractivity contribution in [2.24, 2.45) is 0 Å². The minimum atomic E-state index is -3.14. The Labute approximate surface area is 106 Å². The molecule has 1 aliphatic rings. The Morgan fingerprint density at radius 3 is 2.65 bits per heavy atom. The van der Waals surface area contributed by atoms with Crippen LogP contribution in [0.1, 0.15) is 46.0 Å². The van der Waals surface area contributed by atoms with E-state index in [4.69, 9.17) is 0 Å². The monoisotopic (exact) mass is 262 g/mol. The van der Waals surface area contributed by atoms with Crippen LogP contribution < -0.4 is 5.32 Å². The standard InChI is InChI=1S/C12H26N2O2S/c1-4-12-8-6-5-7-9-14(12)17(15,16)11(2)10-13-3/h11-13H,4-10H2,1-3H3. The maximum Gasteiger partial charge on any atom is 0.218 e. The largest absolute Gasteiger partial charge is 0.318 e. The fraction of sp³-hybridized carbons (Fsp3) is 1.00. The van der Waals surface area contributed by atoms with Crippen molar-refractivity contribution in [1.82, 2.24) is 9.62 Å². The predicted molar refractivity (Wildman–Crippen MR) is 71.6 cm³/mol. The molecule has 4 nitrogen and oxygen atoms in total. The maximum atomic E-state index is 12.5. The van der Waals surface area contributed by atoms with Gasteiger partial charge in [0.25, 0.3) is 0 Å². The highest BCUT2D eigenvalue weighted by atomic mass is 32.2. The van der Waals surface area contributed by atoms with Gasteiger partial charge in [-0.2, -0.15) is 4.31 Å². The van der Waals surface area contributed by atoms with Crippen molar-refractivity contribution in [2.45, 2.75) is 57.2 Å². The molecule has 1 aliphatic heterocycles. The van der Waals surface area contributed by atoms with Crippen LogP contribution in [0, 0.1) is 0 Å². The highest BCUT2D eigenvalue weighted by Gasteiger charge is 2.33. The molecule has 1 heterocycles. The molecule has 0 saturated carbocycles. The van der Waals surface area contributed by atoms with E-state index in [0.29, 0.717) is 13.1 Å². The number of sulfonamides is 1. The Balaban J connectivity index is 2.85. The van der Waals surface area contributed by atoms with Crippen molar-refractivity contribution in [3.63, 3.8) is 0 Å². The molecule has 0 bridgehead atoms. The Morgan fingerprint density at radius 1 is 1.35 bits per heavy atom. The van der Waals surface area contributed by atoms with Gasteiger partial charge in [0, 0.05) is 19.1 Å². The quantitative estimate of drug-likeness (QED) is 0.818. The fourth-order valence-corrected chi connectivity index (χ4v) is 4.41. The number of nitrogens with one attached hydrogen (secondary N) is 1. The molecule has 1 rings (SSSR count). The Kier molecular flexibility index (Phi) is 5.89. The van der Waals surface area contributed by atoms with Gasteiger partial charge >= 0.3 is 0 Å². The number of hydrogen-bond donors (Lipinski definition) is 1. The molecule has 0 aromatic rings. The molecule has 0 radical (unpaired) electrons. The summed E-state index contributed by atoms with van der Waals surface area (Å²) in [5.41, 5.74) is 0. The molecule has 1 N–H and O–H groups in total. The molecule has 1 fully saturated rings. The maximum absolute atomic E-state index is 12.5. The molecule has 0 aromatic heterocycles. The summed E-state index contributed by atoms with van der Waals surface area (Å²) in [6.45, 7) is 5.11. The molecule has 17 heavy (non-hydrogen) atoms. The molecule has 0 aromatic carbocycles. The second-order valence-electron chi connectivity index (χ2n) is 4.94. The molecular formula is C12H26N2O2S. The summed E-state index contributed by atoms with van der Waals surface area (Å²) in [6, 6.07) is 0.210. The van der Waals surface area contributed by atoms with Crippen LogP contribution in [0.15, 0.2) is 0 Å². The van der Waals surface area contributed by atoms with E-state index < -0.39 is 10.0 Å². The van der Waals surface area contributed by atoms with Gasteiger partial charge < -0.3 is 5.32 Å². The van der Waals surface area contributed by atoms with E-state index in [1.54, 1.807) is 18.3 Å². The molecule has 102 valence electrons. The third-order valence-electron chi connectivity index (χ3n) is 3.62. The van der Waals surface area contributed by atoms with E-state index in [0.717, 1.165) is 32.1 Å². The van der Waals surface area contributed by atoms with Gasteiger partial charge in [0.2, 0.25) is 10.0 Å². The third-order valence-corrected chi connectivity index (χ3v) is 5.94. The van der Waals surface area contributed by atoms with E-state index in [1.807, 2.05) is 0 Å². The van der Waals surface area contributed by atoms with Crippen molar-refractivity contribution >= 4 is 10.0 Å². The van der Waals surface area contributed by atoms with Gasteiger partial charge in [-0.3, -0.25) is 0 Å². The zero-order valence-electron chi connectivity index (χ0n) is 11.3. The summed E-state index contributed by atoms with van der Waals surface area (Å²) in [5, 5.41) is 2.62. The summed E-state index contributed by atoms with van der Waals surface area (Å²) < 4.78 is 26.7. The lowest BCUT2D eigenvalue weighted by atomic mass is 10.1. The predicted octanol–water partition coefficient (Wildman–Crippen LogP) is 1.58. The Bertz CT molecular complexity index is 316. The second-order valence-corrected chi connectivity index (χ2v) is 7.24. The van der Waals surface area contributed by atoms with Gasteiger partial charge in [-0.15, -0.1) is 0 Å². The summed E-state index contributed by atoms with van der Waals surface area (Å²) >= 11 is 0. The molecule has 0 amide bonds. The summed E-state index contributed by atoms with van der Waals surface area (Å²) in [5.74, 6) is 0. The number of nitrogens with zero attached hydrogens (tertiary/aromatic N) is 1. The van der Waals surface area contributed by atoms with Crippen LogP contribution in [0.25, 0.3) is 0 Å². The van der Waals surface area contributed by atoms with E-state index in [1.165, 1.54) is 0 Å². The topological polar surface area (TPSA) is 49.4 Å². The van der Waals surface area contributed by atoms with Crippen molar-refractivity contribution in [3.05, 3.63) is 0 Å². The summed E-state index contributed by atoms with van der Waals surface area (Å²) in [7, 11) is -1.34. The fourth-order valence-electron chi connectivity index (χ4n) is 2.52. The smallest absolute Gasteiger partial charge is 0.218 e. The molecule has 5 heteroatoms. The average Bonchev–Trinajstić information content (AvgIpc) is 2.54.